The van der Waals surface area contributed by atoms with Gasteiger partial charge in [-0.1, -0.05) is 13.3 Å². The Balaban J connectivity index is 3.50. The van der Waals surface area contributed by atoms with Gasteiger partial charge in [0.05, 0.1) is 0 Å². The summed E-state index contributed by atoms with van der Waals surface area (Å²) in [4.78, 5) is 0. The van der Waals surface area contributed by atoms with Crippen LogP contribution >= 0.6 is 0 Å². The van der Waals surface area contributed by atoms with Gasteiger partial charge in [-0.15, -0.1) is 0 Å². The molecule has 9 heavy (non-hydrogen) atoms. The van der Waals surface area contributed by atoms with Crippen molar-refractivity contribution in [2.75, 3.05) is 13.2 Å². The first-order chi connectivity index (χ1) is 4.26. The molecule has 0 aliphatic heterocycles. The molecule has 0 spiro atoms. The van der Waals surface area contributed by atoms with Crippen LogP contribution in [0.3, 0.4) is 0 Å². The van der Waals surface area contributed by atoms with Gasteiger partial charge in [-0.05, 0) is 12.8 Å². The lowest BCUT2D eigenvalue weighted by molar-refractivity contribution is 0.119. The van der Waals surface area contributed by atoms with Crippen LogP contribution in [0.25, 0.3) is 0 Å². The van der Waals surface area contributed by atoms with E-state index in [9.17, 15) is 0 Å². The molecular weight excluding hydrogens is 116 g/mol. The molecule has 0 aromatic heterocycles. The van der Waals surface area contributed by atoms with Crippen LogP contribution in [0.1, 0.15) is 13.3 Å². The average molecular weight is 130 g/mol. The maximum atomic E-state index is 8.59. The summed E-state index contributed by atoms with van der Waals surface area (Å²) >= 11 is 0. The van der Waals surface area contributed by atoms with Crippen LogP contribution in [-0.2, 0) is 0 Å². The van der Waals surface area contributed by atoms with E-state index < -0.39 is 0 Å². The SMILES string of the molecule is [CH]C(CC)C(CO)CO. The van der Waals surface area contributed by atoms with Gasteiger partial charge in [0.15, 0.2) is 0 Å². The highest BCUT2D eigenvalue weighted by atomic mass is 16.3. The predicted octanol–water partition coefficient (Wildman–Crippen LogP) is 0.324. The predicted molar refractivity (Wildman–Crippen MR) is 35.7 cm³/mol. The van der Waals surface area contributed by atoms with Gasteiger partial charge in [0.25, 0.3) is 0 Å². The summed E-state index contributed by atoms with van der Waals surface area (Å²) in [6.07, 6.45) is 0.797. The van der Waals surface area contributed by atoms with Crippen LogP contribution in [0.4, 0.5) is 0 Å². The Hall–Kier alpha value is -0.0800. The lowest BCUT2D eigenvalue weighted by Crippen LogP contribution is -2.19. The number of rotatable bonds is 4. The van der Waals surface area contributed by atoms with Crippen molar-refractivity contribution in [3.8, 4) is 0 Å². The monoisotopic (exact) mass is 130 g/mol. The fourth-order valence-corrected chi connectivity index (χ4v) is 0.662. The van der Waals surface area contributed by atoms with Crippen LogP contribution in [0, 0.1) is 18.8 Å². The molecule has 1 atom stereocenters. The van der Waals surface area contributed by atoms with Crippen molar-refractivity contribution in [2.45, 2.75) is 13.3 Å². The van der Waals surface area contributed by atoms with Crippen molar-refractivity contribution < 1.29 is 10.2 Å². The van der Waals surface area contributed by atoms with Crippen LogP contribution < -0.4 is 0 Å². The second kappa shape index (κ2) is 4.77. The Morgan fingerprint density at radius 1 is 1.33 bits per heavy atom. The molecule has 0 aromatic rings. The van der Waals surface area contributed by atoms with Crippen molar-refractivity contribution in [3.63, 3.8) is 0 Å². The Bertz CT molecular complexity index is 59.9. The maximum absolute atomic E-state index is 8.59. The van der Waals surface area contributed by atoms with Crippen LogP contribution in [-0.4, -0.2) is 23.4 Å². The molecule has 2 nitrogen and oxygen atoms in total. The van der Waals surface area contributed by atoms with Crippen LogP contribution in [0.5, 0.6) is 0 Å². The van der Waals surface area contributed by atoms with Crippen LogP contribution in [0.2, 0.25) is 0 Å². The molecule has 0 saturated carbocycles. The lowest BCUT2D eigenvalue weighted by atomic mass is 9.93. The third kappa shape index (κ3) is 2.82. The Kier molecular flexibility index (Phi) is 4.72. The molecule has 0 heterocycles. The minimum Gasteiger partial charge on any atom is -0.396 e. The molecule has 0 saturated heterocycles. The Morgan fingerprint density at radius 3 is 1.89 bits per heavy atom. The molecule has 0 rings (SSSR count). The minimum absolute atomic E-state index is 0.0223. The molecule has 0 amide bonds. The van der Waals surface area contributed by atoms with Crippen molar-refractivity contribution in [1.82, 2.24) is 0 Å². The molecule has 0 fully saturated rings. The van der Waals surface area contributed by atoms with E-state index in [0.29, 0.717) is 0 Å². The topological polar surface area (TPSA) is 40.5 Å². The number of hydrogen-bond donors (Lipinski definition) is 2. The van der Waals surface area contributed by atoms with Crippen molar-refractivity contribution in [3.05, 3.63) is 6.92 Å². The summed E-state index contributed by atoms with van der Waals surface area (Å²) in [5, 5.41) is 17.2. The third-order valence-corrected chi connectivity index (χ3v) is 1.55. The summed E-state index contributed by atoms with van der Waals surface area (Å²) in [5.41, 5.74) is 0. The van der Waals surface area contributed by atoms with Gasteiger partial charge in [0.1, 0.15) is 0 Å². The number of hydrogen-bond acceptors (Lipinski definition) is 2. The van der Waals surface area contributed by atoms with Crippen molar-refractivity contribution >= 4 is 0 Å². The van der Waals surface area contributed by atoms with Crippen molar-refractivity contribution in [1.29, 1.82) is 0 Å². The molecule has 0 aromatic carbocycles. The van der Waals surface area contributed by atoms with E-state index in [1.54, 1.807) is 0 Å². The van der Waals surface area contributed by atoms with Gasteiger partial charge in [0.2, 0.25) is 0 Å². The minimum atomic E-state index is -0.144. The lowest BCUT2D eigenvalue weighted by Gasteiger charge is -2.16. The van der Waals surface area contributed by atoms with Crippen molar-refractivity contribution in [2.24, 2.45) is 11.8 Å². The average Bonchev–Trinajstić information content (AvgIpc) is 1.90. The highest BCUT2D eigenvalue weighted by molar-refractivity contribution is 4.68. The first-order valence-electron chi connectivity index (χ1n) is 3.23. The normalized spacial score (nSPS) is 14.3. The molecule has 1 unspecified atom stereocenters. The summed E-state index contributed by atoms with van der Waals surface area (Å²) in [5.74, 6) is -0.213. The van der Waals surface area contributed by atoms with Gasteiger partial charge >= 0.3 is 0 Å². The van der Waals surface area contributed by atoms with Gasteiger partial charge < -0.3 is 10.2 Å². The van der Waals surface area contributed by atoms with Gasteiger partial charge in [0, 0.05) is 19.1 Å². The highest BCUT2D eigenvalue weighted by Crippen LogP contribution is 2.12. The standard InChI is InChI=1S/C7H14O2/c1-3-6(2)7(4-8)5-9/h2,6-9H,3-5H2,1H3. The molecular formula is C7H14O2. The van der Waals surface area contributed by atoms with E-state index in [1.807, 2.05) is 6.92 Å². The summed E-state index contributed by atoms with van der Waals surface area (Å²) in [6, 6.07) is 0. The molecule has 0 bridgehead atoms. The van der Waals surface area contributed by atoms with Crippen LogP contribution in [0.15, 0.2) is 0 Å². The molecule has 2 heteroatoms. The summed E-state index contributed by atoms with van der Waals surface area (Å²) in [6.45, 7) is 7.41. The second-order valence-electron chi connectivity index (χ2n) is 2.20. The van der Waals surface area contributed by atoms with E-state index in [0.717, 1.165) is 6.42 Å². The van der Waals surface area contributed by atoms with E-state index in [-0.39, 0.29) is 25.0 Å². The zero-order valence-electron chi connectivity index (χ0n) is 5.75. The molecule has 2 radical (unpaired) electrons. The zero-order valence-corrected chi connectivity index (χ0v) is 5.75. The van der Waals surface area contributed by atoms with E-state index in [4.69, 9.17) is 17.1 Å². The second-order valence-corrected chi connectivity index (χ2v) is 2.20. The quantitative estimate of drug-likeness (QED) is 0.575. The maximum Gasteiger partial charge on any atom is 0.0483 e. The fourth-order valence-electron chi connectivity index (χ4n) is 0.662. The first kappa shape index (κ1) is 8.92. The third-order valence-electron chi connectivity index (χ3n) is 1.55. The Labute approximate surface area is 56.5 Å². The molecule has 0 aliphatic carbocycles. The smallest absolute Gasteiger partial charge is 0.0483 e. The van der Waals surface area contributed by atoms with Gasteiger partial charge in [-0.3, -0.25) is 0 Å². The number of aliphatic hydroxyl groups is 2. The summed E-state index contributed by atoms with van der Waals surface area (Å²) < 4.78 is 0. The van der Waals surface area contributed by atoms with Gasteiger partial charge in [-0.25, -0.2) is 0 Å². The van der Waals surface area contributed by atoms with E-state index in [1.165, 1.54) is 0 Å². The summed E-state index contributed by atoms with van der Waals surface area (Å²) in [7, 11) is 0. The van der Waals surface area contributed by atoms with E-state index in [2.05, 4.69) is 0 Å². The molecule has 54 valence electrons. The largest absolute Gasteiger partial charge is 0.396 e. The first-order valence-corrected chi connectivity index (χ1v) is 3.23. The zero-order chi connectivity index (χ0) is 7.28. The molecule has 0 aliphatic rings. The Morgan fingerprint density at radius 2 is 1.78 bits per heavy atom. The number of aliphatic hydroxyl groups excluding tert-OH is 2. The fraction of sp³-hybridized carbons (Fsp3) is 0.857. The van der Waals surface area contributed by atoms with Gasteiger partial charge in [-0.2, -0.15) is 0 Å². The highest BCUT2D eigenvalue weighted by Gasteiger charge is 2.12. The molecule has 2 N–H and O–H groups in total. The van der Waals surface area contributed by atoms with E-state index >= 15 is 0 Å².